The van der Waals surface area contributed by atoms with Gasteiger partial charge in [0.15, 0.2) is 0 Å². The first kappa shape index (κ1) is 17.1. The van der Waals surface area contributed by atoms with Gasteiger partial charge >= 0.3 is 23.1 Å². The second-order valence-corrected chi connectivity index (χ2v) is 1.81. The summed E-state index contributed by atoms with van der Waals surface area (Å²) in [6.45, 7) is 0.888. The summed E-state index contributed by atoms with van der Waals surface area (Å²) in [7, 11) is 0. The van der Waals surface area contributed by atoms with Crippen molar-refractivity contribution in [1.82, 2.24) is 5.32 Å². The maximum absolute atomic E-state index is 10.4. The van der Waals surface area contributed by atoms with Gasteiger partial charge in [0.2, 0.25) is 5.91 Å². The molecule has 1 aliphatic rings. The van der Waals surface area contributed by atoms with Gasteiger partial charge in [-0.25, -0.2) is 0 Å². The fourth-order valence-corrected chi connectivity index (χ4v) is 0.727. The van der Waals surface area contributed by atoms with Gasteiger partial charge in [0.1, 0.15) is 0 Å². The molecule has 2 nitrogen and oxygen atoms in total. The van der Waals surface area contributed by atoms with Crippen LogP contribution in [0.5, 0.6) is 0 Å². The van der Waals surface area contributed by atoms with Crippen molar-refractivity contribution < 1.29 is 29.6 Å². The SMILES string of the molecule is O=C1CCCCN1.[Cl-].[Cl-].[Mg+2]. The summed E-state index contributed by atoms with van der Waals surface area (Å²) in [5.74, 6) is 0.214. The third-order valence-electron chi connectivity index (χ3n) is 1.15. The average Bonchev–Trinajstić information content (AvgIpc) is 1.69. The topological polar surface area (TPSA) is 29.1 Å². The molecular formula is C5H9Cl2MgNO. The van der Waals surface area contributed by atoms with E-state index in [0.717, 1.165) is 25.8 Å². The minimum Gasteiger partial charge on any atom is -1.00 e. The molecule has 0 saturated carbocycles. The van der Waals surface area contributed by atoms with E-state index in [2.05, 4.69) is 5.32 Å². The Kier molecular flexibility index (Phi) is 16.7. The maximum atomic E-state index is 10.4. The molecule has 0 unspecified atom stereocenters. The third kappa shape index (κ3) is 6.93. The number of carbonyl (C=O) groups excluding carboxylic acids is 1. The van der Waals surface area contributed by atoms with E-state index in [0.29, 0.717) is 0 Å². The molecule has 1 heterocycles. The zero-order chi connectivity index (χ0) is 5.11. The molecule has 1 N–H and O–H groups in total. The molecule has 1 saturated heterocycles. The van der Waals surface area contributed by atoms with E-state index in [1.165, 1.54) is 0 Å². The van der Waals surface area contributed by atoms with Gasteiger partial charge in [0.25, 0.3) is 0 Å². The fraction of sp³-hybridized carbons (Fsp3) is 0.800. The van der Waals surface area contributed by atoms with Crippen LogP contribution in [0, 0.1) is 0 Å². The van der Waals surface area contributed by atoms with E-state index < -0.39 is 0 Å². The van der Waals surface area contributed by atoms with Gasteiger partial charge in [-0.15, -0.1) is 0 Å². The van der Waals surface area contributed by atoms with Crippen LogP contribution in [0.1, 0.15) is 19.3 Å². The normalized spacial score (nSPS) is 15.0. The molecule has 1 rings (SSSR count). The van der Waals surface area contributed by atoms with Crippen LogP contribution in [0.4, 0.5) is 0 Å². The summed E-state index contributed by atoms with van der Waals surface area (Å²) < 4.78 is 0. The van der Waals surface area contributed by atoms with Crippen LogP contribution < -0.4 is 30.1 Å². The molecule has 56 valence electrons. The van der Waals surface area contributed by atoms with Crippen LogP contribution in [0.3, 0.4) is 0 Å². The Hall–Kier alpha value is 0.816. The van der Waals surface area contributed by atoms with E-state index >= 15 is 0 Å². The number of piperidine rings is 1. The predicted octanol–water partition coefficient (Wildman–Crippen LogP) is -6.09. The molecule has 1 aliphatic heterocycles. The van der Waals surface area contributed by atoms with Crippen LogP contribution in [0.15, 0.2) is 0 Å². The standard InChI is InChI=1S/C5H9NO.2ClH.Mg/c7-5-3-1-2-4-6-5;;;/h1-4H2,(H,6,7);2*1H;/q;;;+2/p-2. The van der Waals surface area contributed by atoms with Crippen LogP contribution in [0.2, 0.25) is 0 Å². The molecule has 0 radical (unpaired) electrons. The molecule has 0 aliphatic carbocycles. The zero-order valence-electron chi connectivity index (χ0n) is 5.70. The van der Waals surface area contributed by atoms with Crippen molar-refractivity contribution in [1.29, 1.82) is 0 Å². The number of hydrogen-bond donors (Lipinski definition) is 1. The number of rotatable bonds is 0. The minimum absolute atomic E-state index is 0. The summed E-state index contributed by atoms with van der Waals surface area (Å²) >= 11 is 0. The monoisotopic (exact) mass is 193 g/mol. The van der Waals surface area contributed by atoms with Crippen LogP contribution >= 0.6 is 0 Å². The molecule has 0 spiro atoms. The average molecular weight is 194 g/mol. The summed E-state index contributed by atoms with van der Waals surface area (Å²) in [6.07, 6.45) is 2.97. The molecule has 0 aromatic rings. The summed E-state index contributed by atoms with van der Waals surface area (Å²) in [4.78, 5) is 10.4. The summed E-state index contributed by atoms with van der Waals surface area (Å²) in [5.41, 5.74) is 0. The molecule has 0 atom stereocenters. The Balaban J connectivity index is -0.000000163. The summed E-state index contributed by atoms with van der Waals surface area (Å²) in [6, 6.07) is 0. The molecule has 5 heteroatoms. The molecule has 0 bridgehead atoms. The van der Waals surface area contributed by atoms with Gasteiger partial charge < -0.3 is 30.1 Å². The molecule has 0 aromatic heterocycles. The Morgan fingerprint density at radius 1 is 1.20 bits per heavy atom. The summed E-state index contributed by atoms with van der Waals surface area (Å²) in [5, 5.41) is 2.74. The molecule has 10 heavy (non-hydrogen) atoms. The number of carbonyl (C=O) groups is 1. The number of halogens is 2. The molecule has 1 amide bonds. The molecule has 0 aromatic carbocycles. The van der Waals surface area contributed by atoms with Crippen molar-refractivity contribution in [3.8, 4) is 0 Å². The van der Waals surface area contributed by atoms with Crippen molar-refractivity contribution >= 4 is 29.0 Å². The van der Waals surface area contributed by atoms with Crippen LogP contribution in [0.25, 0.3) is 0 Å². The first-order valence-electron chi connectivity index (χ1n) is 2.66. The van der Waals surface area contributed by atoms with Crippen LogP contribution in [-0.4, -0.2) is 35.5 Å². The van der Waals surface area contributed by atoms with Crippen molar-refractivity contribution in [3.05, 3.63) is 0 Å². The number of nitrogens with one attached hydrogen (secondary N) is 1. The van der Waals surface area contributed by atoms with Crippen molar-refractivity contribution in [3.63, 3.8) is 0 Å². The van der Waals surface area contributed by atoms with E-state index in [1.54, 1.807) is 0 Å². The van der Waals surface area contributed by atoms with Crippen molar-refractivity contribution in [2.75, 3.05) is 6.54 Å². The quantitative estimate of drug-likeness (QED) is 0.382. The number of hydrogen-bond acceptors (Lipinski definition) is 1. The van der Waals surface area contributed by atoms with Gasteiger partial charge in [0.05, 0.1) is 0 Å². The first-order valence-corrected chi connectivity index (χ1v) is 2.66. The molecular weight excluding hydrogens is 185 g/mol. The second-order valence-electron chi connectivity index (χ2n) is 1.81. The smallest absolute Gasteiger partial charge is 1.00 e. The Labute approximate surface area is 89.5 Å². The Morgan fingerprint density at radius 3 is 2.00 bits per heavy atom. The number of amides is 1. The largest absolute Gasteiger partial charge is 2.00 e. The van der Waals surface area contributed by atoms with E-state index in [1.807, 2.05) is 0 Å². The second kappa shape index (κ2) is 9.82. The predicted molar refractivity (Wildman–Crippen MR) is 32.6 cm³/mol. The Morgan fingerprint density at radius 2 is 1.80 bits per heavy atom. The van der Waals surface area contributed by atoms with E-state index in [-0.39, 0.29) is 53.8 Å². The Bertz CT molecular complexity index is 83.7. The van der Waals surface area contributed by atoms with Gasteiger partial charge in [-0.05, 0) is 12.8 Å². The first-order chi connectivity index (χ1) is 3.39. The van der Waals surface area contributed by atoms with E-state index in [4.69, 9.17) is 0 Å². The van der Waals surface area contributed by atoms with E-state index in [9.17, 15) is 4.79 Å². The molecule has 1 fully saturated rings. The van der Waals surface area contributed by atoms with Gasteiger partial charge in [-0.1, -0.05) is 0 Å². The van der Waals surface area contributed by atoms with Gasteiger partial charge in [-0.3, -0.25) is 4.79 Å². The minimum atomic E-state index is 0. The van der Waals surface area contributed by atoms with Crippen molar-refractivity contribution in [2.24, 2.45) is 0 Å². The zero-order valence-corrected chi connectivity index (χ0v) is 8.63. The fourth-order valence-electron chi connectivity index (χ4n) is 0.727. The third-order valence-corrected chi connectivity index (χ3v) is 1.15. The van der Waals surface area contributed by atoms with Crippen LogP contribution in [-0.2, 0) is 4.79 Å². The maximum Gasteiger partial charge on any atom is 2.00 e. The van der Waals surface area contributed by atoms with Gasteiger partial charge in [0, 0.05) is 13.0 Å². The van der Waals surface area contributed by atoms with Crippen molar-refractivity contribution in [2.45, 2.75) is 19.3 Å². The van der Waals surface area contributed by atoms with Gasteiger partial charge in [-0.2, -0.15) is 0 Å².